The van der Waals surface area contributed by atoms with E-state index in [2.05, 4.69) is 20.5 Å². The summed E-state index contributed by atoms with van der Waals surface area (Å²) < 4.78 is 18.6. The highest BCUT2D eigenvalue weighted by molar-refractivity contribution is 7.17. The normalized spacial score (nSPS) is 19.0. The third kappa shape index (κ3) is 5.33. The van der Waals surface area contributed by atoms with E-state index in [1.165, 1.54) is 18.2 Å². The van der Waals surface area contributed by atoms with Crippen LogP contribution in [0.3, 0.4) is 0 Å². The molecule has 2 amide bonds. The van der Waals surface area contributed by atoms with E-state index in [0.29, 0.717) is 36.8 Å². The predicted molar refractivity (Wildman–Crippen MR) is 113 cm³/mol. The lowest BCUT2D eigenvalue weighted by atomic mass is 9.89. The van der Waals surface area contributed by atoms with Gasteiger partial charge in [0.15, 0.2) is 10.9 Å². The Morgan fingerprint density at radius 3 is 2.84 bits per heavy atom. The van der Waals surface area contributed by atoms with Crippen LogP contribution in [0.1, 0.15) is 32.1 Å². The van der Waals surface area contributed by atoms with Crippen LogP contribution in [-0.2, 0) is 16.0 Å². The first-order valence-corrected chi connectivity index (χ1v) is 11.0. The van der Waals surface area contributed by atoms with E-state index in [0.717, 1.165) is 37.0 Å². The van der Waals surface area contributed by atoms with Crippen LogP contribution in [0.5, 0.6) is 0 Å². The molecule has 2 heterocycles. The number of aromatic nitrogens is 1. The zero-order chi connectivity index (χ0) is 21.8. The van der Waals surface area contributed by atoms with E-state index in [9.17, 15) is 18.8 Å². The second kappa shape index (κ2) is 9.63. The van der Waals surface area contributed by atoms with E-state index < -0.39 is 17.6 Å². The molecule has 8 nitrogen and oxygen atoms in total. The molecular formula is C21H23FN4O4S. The largest absolute Gasteiger partial charge is 0.379 e. The number of Topliss-reactive ketones (excluding diaryl/α,β-unsaturated/α-hetero) is 1. The maximum atomic E-state index is 13.3. The third-order valence-electron chi connectivity index (χ3n) is 5.33. The number of hydrogen-bond donors (Lipinski definition) is 2. The van der Waals surface area contributed by atoms with Crippen molar-refractivity contribution >= 4 is 34.1 Å². The van der Waals surface area contributed by atoms with Crippen molar-refractivity contribution in [1.82, 2.24) is 15.2 Å². The van der Waals surface area contributed by atoms with Crippen LogP contribution < -0.4 is 10.6 Å². The molecule has 0 unspecified atom stereocenters. The monoisotopic (exact) mass is 446 g/mol. The highest BCUT2D eigenvalue weighted by atomic mass is 32.1. The molecule has 1 saturated heterocycles. The lowest BCUT2D eigenvalue weighted by molar-refractivity contribution is -0.125. The number of ketones is 1. The number of halogens is 1. The van der Waals surface area contributed by atoms with Crippen LogP contribution in [0, 0.1) is 11.7 Å². The number of hydrogen-bond acceptors (Lipinski definition) is 7. The van der Waals surface area contributed by atoms with Gasteiger partial charge in [0.1, 0.15) is 5.82 Å². The number of morpholine rings is 1. The summed E-state index contributed by atoms with van der Waals surface area (Å²) in [5.41, 5.74) is 0.682. The first kappa shape index (κ1) is 21.5. The number of nitrogens with zero attached hydrogens (tertiary/aromatic N) is 2. The molecule has 1 aromatic heterocycles. The van der Waals surface area contributed by atoms with E-state index in [1.54, 1.807) is 0 Å². The molecule has 0 bridgehead atoms. The fourth-order valence-corrected chi connectivity index (χ4v) is 4.61. The quantitative estimate of drug-likeness (QED) is 0.701. The van der Waals surface area contributed by atoms with Gasteiger partial charge in [-0.05, 0) is 18.2 Å². The number of benzene rings is 1. The number of amides is 2. The molecule has 2 N–H and O–H groups in total. The molecule has 1 atom stereocenters. The summed E-state index contributed by atoms with van der Waals surface area (Å²) in [6, 6.07) is 5.33. The zero-order valence-corrected chi connectivity index (χ0v) is 17.7. The van der Waals surface area contributed by atoms with E-state index in [1.807, 2.05) is 0 Å². The van der Waals surface area contributed by atoms with Gasteiger partial charge in [0, 0.05) is 44.6 Å². The number of fused-ring (bicyclic) bond motifs is 1. The SMILES string of the molecule is O=C(Nc1nc2c(s1)C(=O)C[C@@H](C(=O)NCCN1CCOCC1)C2)c1cccc(F)c1. The van der Waals surface area contributed by atoms with Gasteiger partial charge in [0.05, 0.1) is 29.7 Å². The van der Waals surface area contributed by atoms with Crippen molar-refractivity contribution in [2.24, 2.45) is 5.92 Å². The summed E-state index contributed by atoms with van der Waals surface area (Å²) in [4.78, 5) is 44.4. The Bertz CT molecular complexity index is 990. The smallest absolute Gasteiger partial charge is 0.257 e. The van der Waals surface area contributed by atoms with E-state index in [4.69, 9.17) is 4.74 Å². The van der Waals surface area contributed by atoms with Crippen molar-refractivity contribution in [1.29, 1.82) is 0 Å². The van der Waals surface area contributed by atoms with Crippen LogP contribution >= 0.6 is 11.3 Å². The lowest BCUT2D eigenvalue weighted by Gasteiger charge is -2.27. The molecule has 0 saturated carbocycles. The second-order valence-corrected chi connectivity index (χ2v) is 8.53. The summed E-state index contributed by atoms with van der Waals surface area (Å²) in [5, 5.41) is 5.79. The third-order valence-corrected chi connectivity index (χ3v) is 6.39. The van der Waals surface area contributed by atoms with Crippen LogP contribution in [-0.4, -0.2) is 66.9 Å². The van der Waals surface area contributed by atoms with Crippen molar-refractivity contribution in [3.63, 3.8) is 0 Å². The first-order chi connectivity index (χ1) is 15.0. The van der Waals surface area contributed by atoms with Crippen LogP contribution in [0.2, 0.25) is 0 Å². The predicted octanol–water partition coefficient (Wildman–Crippen LogP) is 1.73. The molecule has 1 aliphatic carbocycles. The minimum atomic E-state index is -0.510. The molecule has 1 fully saturated rings. The topological polar surface area (TPSA) is 101 Å². The van der Waals surface area contributed by atoms with Crippen molar-refractivity contribution in [2.75, 3.05) is 44.7 Å². The Hall–Kier alpha value is -2.69. The maximum absolute atomic E-state index is 13.3. The molecule has 2 aromatic rings. The van der Waals surface area contributed by atoms with Gasteiger partial charge in [-0.15, -0.1) is 0 Å². The highest BCUT2D eigenvalue weighted by Crippen LogP contribution is 2.32. The van der Waals surface area contributed by atoms with Gasteiger partial charge in [0.2, 0.25) is 5.91 Å². The van der Waals surface area contributed by atoms with Gasteiger partial charge in [-0.1, -0.05) is 17.4 Å². The fraction of sp³-hybridized carbons (Fsp3) is 0.429. The van der Waals surface area contributed by atoms with Gasteiger partial charge in [-0.25, -0.2) is 9.37 Å². The molecule has 1 aliphatic heterocycles. The summed E-state index contributed by atoms with van der Waals surface area (Å²) >= 11 is 1.08. The number of rotatable bonds is 6. The van der Waals surface area contributed by atoms with Gasteiger partial charge < -0.3 is 10.1 Å². The molecule has 0 spiro atoms. The number of carbonyl (C=O) groups is 3. The summed E-state index contributed by atoms with van der Waals surface area (Å²) in [7, 11) is 0. The van der Waals surface area contributed by atoms with Gasteiger partial charge in [-0.2, -0.15) is 0 Å². The number of carbonyl (C=O) groups excluding carboxylic acids is 3. The van der Waals surface area contributed by atoms with Crippen molar-refractivity contribution in [3.8, 4) is 0 Å². The first-order valence-electron chi connectivity index (χ1n) is 10.2. The van der Waals surface area contributed by atoms with Crippen LogP contribution in [0.15, 0.2) is 24.3 Å². The molecular weight excluding hydrogens is 423 g/mol. The second-order valence-electron chi connectivity index (χ2n) is 7.53. The molecule has 31 heavy (non-hydrogen) atoms. The molecule has 4 rings (SSSR count). The molecule has 0 radical (unpaired) electrons. The fourth-order valence-electron chi connectivity index (χ4n) is 3.67. The van der Waals surface area contributed by atoms with Gasteiger partial charge in [0.25, 0.3) is 5.91 Å². The van der Waals surface area contributed by atoms with Crippen LogP contribution in [0.4, 0.5) is 9.52 Å². The Morgan fingerprint density at radius 2 is 2.06 bits per heavy atom. The minimum Gasteiger partial charge on any atom is -0.379 e. The number of anilines is 1. The Kier molecular flexibility index (Phi) is 6.69. The van der Waals surface area contributed by atoms with Crippen molar-refractivity contribution < 1.29 is 23.5 Å². The average molecular weight is 447 g/mol. The van der Waals surface area contributed by atoms with Crippen molar-refractivity contribution in [3.05, 3.63) is 46.2 Å². The van der Waals surface area contributed by atoms with Crippen LogP contribution in [0.25, 0.3) is 0 Å². The summed E-state index contributed by atoms with van der Waals surface area (Å²) in [6.45, 7) is 4.37. The number of ether oxygens (including phenoxy) is 1. The lowest BCUT2D eigenvalue weighted by Crippen LogP contribution is -2.43. The number of thiazole rings is 1. The Morgan fingerprint density at radius 1 is 1.26 bits per heavy atom. The standard InChI is InChI=1S/C21H23FN4O4S/c22-15-3-1-2-13(10-15)20(29)25-21-24-16-11-14(12-17(27)18(16)31-21)19(28)23-4-5-26-6-8-30-9-7-26/h1-3,10,14H,4-9,11-12H2,(H,23,28)(H,24,25,29)/t14-/m0/s1. The maximum Gasteiger partial charge on any atom is 0.257 e. The molecule has 10 heteroatoms. The molecule has 2 aliphatic rings. The zero-order valence-electron chi connectivity index (χ0n) is 16.9. The van der Waals surface area contributed by atoms with E-state index in [-0.39, 0.29) is 28.8 Å². The summed E-state index contributed by atoms with van der Waals surface area (Å²) in [6.07, 6.45) is 0.465. The van der Waals surface area contributed by atoms with Gasteiger partial charge >= 0.3 is 0 Å². The highest BCUT2D eigenvalue weighted by Gasteiger charge is 2.33. The molecule has 164 valence electrons. The average Bonchev–Trinajstić information content (AvgIpc) is 3.17. The van der Waals surface area contributed by atoms with Gasteiger partial charge in [-0.3, -0.25) is 24.6 Å². The number of nitrogens with one attached hydrogen (secondary N) is 2. The Balaban J connectivity index is 1.34. The van der Waals surface area contributed by atoms with Crippen molar-refractivity contribution in [2.45, 2.75) is 12.8 Å². The Labute approximate surface area is 182 Å². The van der Waals surface area contributed by atoms with E-state index >= 15 is 0 Å². The summed E-state index contributed by atoms with van der Waals surface area (Å²) in [5.74, 6) is -1.80. The minimum absolute atomic E-state index is 0.121. The molecule has 1 aromatic carbocycles.